The van der Waals surface area contributed by atoms with Crippen molar-refractivity contribution in [1.82, 2.24) is 19.5 Å². The van der Waals surface area contributed by atoms with Crippen LogP contribution in [0.5, 0.6) is 0 Å². The smallest absolute Gasteiger partial charge is 0.165 e. The van der Waals surface area contributed by atoms with E-state index >= 15 is 0 Å². The highest BCUT2D eigenvalue weighted by atomic mass is 32.1. The lowest BCUT2D eigenvalue weighted by molar-refractivity contribution is 1.08. The molecule has 0 aliphatic heterocycles. The number of nitrogens with zero attached hydrogens (tertiary/aromatic N) is 4. The van der Waals surface area contributed by atoms with Crippen LogP contribution < -0.4 is 0 Å². The molecule has 0 N–H and O–H groups in total. The molecule has 0 atom stereocenters. The van der Waals surface area contributed by atoms with E-state index in [1.165, 1.54) is 47.2 Å². The van der Waals surface area contributed by atoms with Crippen LogP contribution >= 0.6 is 11.3 Å². The quantitative estimate of drug-likeness (QED) is 0.163. The van der Waals surface area contributed by atoms with Crippen LogP contribution in [0.25, 0.3) is 125 Å². The molecule has 0 radical (unpaired) electrons. The van der Waals surface area contributed by atoms with Crippen molar-refractivity contribution in [1.29, 1.82) is 0 Å². The molecule has 0 saturated carbocycles. The highest BCUT2D eigenvalue weighted by molar-refractivity contribution is 7.25. The molecular weight excluding hydrogens is 773 g/mol. The van der Waals surface area contributed by atoms with Gasteiger partial charge in [-0.1, -0.05) is 152 Å². The summed E-state index contributed by atoms with van der Waals surface area (Å²) in [7, 11) is 0. The fourth-order valence-electron chi connectivity index (χ4n) is 9.60. The predicted octanol–water partition coefficient (Wildman–Crippen LogP) is 15.5. The van der Waals surface area contributed by atoms with Crippen molar-refractivity contribution in [3.8, 4) is 51.0 Å². The number of hydrogen-bond donors (Lipinski definition) is 0. The Bertz CT molecular complexity index is 3880. The number of aromatic nitrogens is 4. The number of fused-ring (bicyclic) bond motifs is 9. The van der Waals surface area contributed by atoms with Gasteiger partial charge in [0.1, 0.15) is 0 Å². The first-order chi connectivity index (χ1) is 30.7. The van der Waals surface area contributed by atoms with Gasteiger partial charge in [0.15, 0.2) is 17.5 Å². The highest BCUT2D eigenvalue weighted by Gasteiger charge is 2.22. The van der Waals surface area contributed by atoms with E-state index in [9.17, 15) is 0 Å². The van der Waals surface area contributed by atoms with E-state index in [0.717, 1.165) is 60.6 Å². The molecule has 0 fully saturated rings. The van der Waals surface area contributed by atoms with Gasteiger partial charge in [-0.05, 0) is 98.0 Å². The van der Waals surface area contributed by atoms with Crippen LogP contribution in [0.15, 0.2) is 206 Å². The van der Waals surface area contributed by atoms with Gasteiger partial charge in [0, 0.05) is 53.3 Å². The molecule has 13 aromatic rings. The summed E-state index contributed by atoms with van der Waals surface area (Å²) in [5, 5.41) is 11.9. The Labute approximate surface area is 360 Å². The molecule has 0 saturated heterocycles. The average molecular weight is 807 g/mol. The second kappa shape index (κ2) is 13.8. The van der Waals surface area contributed by atoms with Gasteiger partial charge in [0.25, 0.3) is 0 Å². The van der Waals surface area contributed by atoms with E-state index in [4.69, 9.17) is 15.0 Å². The third kappa shape index (κ3) is 5.42. The topological polar surface area (TPSA) is 43.6 Å². The van der Waals surface area contributed by atoms with Gasteiger partial charge in [0.2, 0.25) is 0 Å². The SMILES string of the molecule is c1ccc(-c2nc(-c3ccc(-n4c5ccccc5c5cc6ccccc6cc54)cc3-c3cccc4sc5ccccc5c34)nc(-c3c4ccccc4cc4ccccc34)n2)cc1. The number of thiophene rings is 1. The van der Waals surface area contributed by atoms with Crippen LogP contribution in [-0.2, 0) is 0 Å². The van der Waals surface area contributed by atoms with Crippen molar-refractivity contribution in [2.75, 3.05) is 0 Å². The van der Waals surface area contributed by atoms with Crippen LogP contribution in [0.4, 0.5) is 0 Å². The first-order valence-corrected chi connectivity index (χ1v) is 21.7. The van der Waals surface area contributed by atoms with Crippen LogP contribution in [0, 0.1) is 0 Å². The van der Waals surface area contributed by atoms with E-state index in [-0.39, 0.29) is 0 Å². The Morgan fingerprint density at radius 3 is 1.74 bits per heavy atom. The van der Waals surface area contributed by atoms with Gasteiger partial charge in [-0.3, -0.25) is 0 Å². The summed E-state index contributed by atoms with van der Waals surface area (Å²) in [5.41, 5.74) is 8.47. The van der Waals surface area contributed by atoms with Gasteiger partial charge in [0.05, 0.1) is 11.0 Å². The van der Waals surface area contributed by atoms with Crippen molar-refractivity contribution in [3.63, 3.8) is 0 Å². The molecule has 0 aliphatic carbocycles. The monoisotopic (exact) mass is 806 g/mol. The molecular formula is C57H34N4S. The molecule has 0 bridgehead atoms. The second-order valence-corrected chi connectivity index (χ2v) is 17.0. The first kappa shape index (κ1) is 34.8. The van der Waals surface area contributed by atoms with E-state index in [1.807, 2.05) is 29.5 Å². The summed E-state index contributed by atoms with van der Waals surface area (Å²) < 4.78 is 4.93. The Kier molecular flexibility index (Phi) is 7.74. The molecule has 288 valence electrons. The molecule has 5 heteroatoms. The summed E-state index contributed by atoms with van der Waals surface area (Å²) in [6.45, 7) is 0. The van der Waals surface area contributed by atoms with Gasteiger partial charge in [-0.25, -0.2) is 15.0 Å². The molecule has 4 nitrogen and oxygen atoms in total. The molecule has 0 spiro atoms. The molecule has 0 unspecified atom stereocenters. The standard InChI is InChI=1S/C57H34N4S/c1-2-15-35(16-3-1)55-58-56(60-57(59-55)54-41-21-8-6-19-38(41)31-39-20-7-9-22-42(39)54)45-30-29-40(34-47(45)44-25-14-28-52-53(44)46-24-11-13-27-51(46)62-52)61-49-26-12-10-23-43(49)48-32-36-17-4-5-18-37(36)33-50(48)61/h1-34H. The van der Waals surface area contributed by atoms with E-state index < -0.39 is 0 Å². The zero-order valence-electron chi connectivity index (χ0n) is 33.3. The minimum Gasteiger partial charge on any atom is -0.309 e. The van der Waals surface area contributed by atoms with E-state index in [2.05, 4.69) is 193 Å². The summed E-state index contributed by atoms with van der Waals surface area (Å²) in [4.78, 5) is 16.2. The summed E-state index contributed by atoms with van der Waals surface area (Å²) in [6.07, 6.45) is 0. The maximum atomic E-state index is 5.52. The lowest BCUT2D eigenvalue weighted by atomic mass is 9.94. The summed E-state index contributed by atoms with van der Waals surface area (Å²) in [6, 6.07) is 74.0. The number of benzene rings is 10. The fraction of sp³-hybridized carbons (Fsp3) is 0. The van der Waals surface area contributed by atoms with Crippen LogP contribution in [0.3, 0.4) is 0 Å². The lowest BCUT2D eigenvalue weighted by Crippen LogP contribution is -2.03. The van der Waals surface area contributed by atoms with Gasteiger partial charge in [-0.2, -0.15) is 0 Å². The Morgan fingerprint density at radius 1 is 0.339 bits per heavy atom. The number of hydrogen-bond acceptors (Lipinski definition) is 4. The van der Waals surface area contributed by atoms with Gasteiger partial charge < -0.3 is 4.57 Å². The molecule has 0 aliphatic rings. The van der Waals surface area contributed by atoms with Crippen molar-refractivity contribution in [2.24, 2.45) is 0 Å². The third-order valence-corrected chi connectivity index (χ3v) is 13.5. The molecule has 3 heterocycles. The predicted molar refractivity (Wildman–Crippen MR) is 261 cm³/mol. The molecule has 13 rings (SSSR count). The third-order valence-electron chi connectivity index (χ3n) is 12.4. The Hall–Kier alpha value is -7.99. The van der Waals surface area contributed by atoms with E-state index in [0.29, 0.717) is 17.5 Å². The first-order valence-electron chi connectivity index (χ1n) is 20.9. The van der Waals surface area contributed by atoms with Crippen LogP contribution in [-0.4, -0.2) is 19.5 Å². The summed E-state index contributed by atoms with van der Waals surface area (Å²) >= 11 is 1.83. The molecule has 10 aromatic carbocycles. The van der Waals surface area contributed by atoms with Crippen LogP contribution in [0.1, 0.15) is 0 Å². The highest BCUT2D eigenvalue weighted by Crippen LogP contribution is 2.45. The number of para-hydroxylation sites is 1. The minimum atomic E-state index is 0.622. The van der Waals surface area contributed by atoms with Gasteiger partial charge in [-0.15, -0.1) is 11.3 Å². The maximum absolute atomic E-state index is 5.52. The second-order valence-electron chi connectivity index (χ2n) is 15.9. The Balaban J connectivity index is 1.14. The zero-order valence-corrected chi connectivity index (χ0v) is 34.1. The van der Waals surface area contributed by atoms with Gasteiger partial charge >= 0.3 is 0 Å². The minimum absolute atomic E-state index is 0.622. The van der Waals surface area contributed by atoms with Crippen LogP contribution in [0.2, 0.25) is 0 Å². The molecule has 62 heavy (non-hydrogen) atoms. The average Bonchev–Trinajstić information content (AvgIpc) is 3.88. The largest absolute Gasteiger partial charge is 0.309 e. The molecule has 3 aromatic heterocycles. The Morgan fingerprint density at radius 2 is 0.952 bits per heavy atom. The molecule has 0 amide bonds. The fourth-order valence-corrected chi connectivity index (χ4v) is 10.7. The van der Waals surface area contributed by atoms with Crippen molar-refractivity contribution < 1.29 is 0 Å². The maximum Gasteiger partial charge on any atom is 0.165 e. The zero-order chi connectivity index (χ0) is 40.7. The lowest BCUT2D eigenvalue weighted by Gasteiger charge is -2.17. The summed E-state index contributed by atoms with van der Waals surface area (Å²) in [5.74, 6) is 1.90. The van der Waals surface area contributed by atoms with Crippen molar-refractivity contribution in [3.05, 3.63) is 206 Å². The van der Waals surface area contributed by atoms with E-state index in [1.54, 1.807) is 0 Å². The van der Waals surface area contributed by atoms with Crippen molar-refractivity contribution in [2.45, 2.75) is 0 Å². The number of rotatable bonds is 5. The normalized spacial score (nSPS) is 11.9. The van der Waals surface area contributed by atoms with Crippen molar-refractivity contribution >= 4 is 85.6 Å².